The molecule has 0 unspecified atom stereocenters. The van der Waals surface area contributed by atoms with Gasteiger partial charge in [-0.25, -0.2) is 0 Å². The van der Waals surface area contributed by atoms with E-state index in [1.165, 1.54) is 30.4 Å². The Morgan fingerprint density at radius 1 is 1.46 bits per heavy atom. The summed E-state index contributed by atoms with van der Waals surface area (Å²) in [7, 11) is 0. The standard InChI is InChI=1S/C11H14BrN/c12-7-11(9-3-1-4-9)10-5-2-6-13-8-10/h5,8H,1-4,6-7H2. The molecule has 0 aromatic carbocycles. The minimum absolute atomic E-state index is 0.967. The fourth-order valence-corrected chi connectivity index (χ4v) is 2.46. The van der Waals surface area contributed by atoms with E-state index in [-0.39, 0.29) is 0 Å². The zero-order valence-corrected chi connectivity index (χ0v) is 9.31. The summed E-state index contributed by atoms with van der Waals surface area (Å²) in [6, 6.07) is 0. The Bertz CT molecular complexity index is 280. The van der Waals surface area contributed by atoms with E-state index in [0.29, 0.717) is 0 Å². The van der Waals surface area contributed by atoms with Crippen LogP contribution in [-0.4, -0.2) is 18.1 Å². The molecule has 1 heterocycles. The van der Waals surface area contributed by atoms with Crippen LogP contribution >= 0.6 is 15.9 Å². The molecule has 1 aliphatic carbocycles. The van der Waals surface area contributed by atoms with Crippen LogP contribution in [0, 0.1) is 0 Å². The average Bonchev–Trinajstić information content (AvgIpc) is 2.12. The molecule has 13 heavy (non-hydrogen) atoms. The first-order valence-electron chi connectivity index (χ1n) is 4.89. The van der Waals surface area contributed by atoms with Crippen LogP contribution in [0.15, 0.2) is 27.8 Å². The van der Waals surface area contributed by atoms with Gasteiger partial charge in [-0.05, 0) is 36.8 Å². The number of allylic oxidation sites excluding steroid dienone is 3. The van der Waals surface area contributed by atoms with E-state index in [1.807, 2.05) is 6.21 Å². The van der Waals surface area contributed by atoms with Crippen molar-refractivity contribution in [2.75, 3.05) is 11.9 Å². The van der Waals surface area contributed by atoms with E-state index < -0.39 is 0 Å². The van der Waals surface area contributed by atoms with Gasteiger partial charge in [0.2, 0.25) is 0 Å². The number of hydrogen-bond acceptors (Lipinski definition) is 1. The third kappa shape index (κ3) is 1.93. The van der Waals surface area contributed by atoms with Crippen molar-refractivity contribution in [1.29, 1.82) is 0 Å². The minimum Gasteiger partial charge on any atom is -0.292 e. The number of halogens is 1. The predicted molar refractivity (Wildman–Crippen MR) is 60.7 cm³/mol. The largest absolute Gasteiger partial charge is 0.292 e. The van der Waals surface area contributed by atoms with Gasteiger partial charge in [-0.3, -0.25) is 4.99 Å². The summed E-state index contributed by atoms with van der Waals surface area (Å²) >= 11 is 3.57. The predicted octanol–water partition coefficient (Wildman–Crippen LogP) is 3.26. The van der Waals surface area contributed by atoms with Crippen LogP contribution in [0.5, 0.6) is 0 Å². The molecule has 0 aromatic rings. The van der Waals surface area contributed by atoms with Crippen molar-refractivity contribution in [1.82, 2.24) is 0 Å². The lowest BCUT2D eigenvalue weighted by Gasteiger charge is -2.22. The monoisotopic (exact) mass is 239 g/mol. The number of alkyl halides is 1. The smallest absolute Gasteiger partial charge is 0.0424 e. The van der Waals surface area contributed by atoms with Crippen molar-refractivity contribution in [3.63, 3.8) is 0 Å². The zero-order valence-electron chi connectivity index (χ0n) is 7.72. The molecule has 0 aromatic heterocycles. The Hall–Kier alpha value is -0.370. The highest BCUT2D eigenvalue weighted by Gasteiger charge is 2.16. The first-order chi connectivity index (χ1) is 6.42. The summed E-state index contributed by atoms with van der Waals surface area (Å²) in [5.74, 6) is 0. The molecule has 2 rings (SSSR count). The lowest BCUT2D eigenvalue weighted by Crippen LogP contribution is -2.07. The third-order valence-electron chi connectivity index (χ3n) is 2.72. The summed E-state index contributed by atoms with van der Waals surface area (Å²) in [6.07, 6.45) is 9.42. The second-order valence-corrected chi connectivity index (χ2v) is 4.11. The SMILES string of the molecule is BrCC(C1=CCCN=C1)=C1CCC1. The van der Waals surface area contributed by atoms with E-state index in [4.69, 9.17) is 0 Å². The molecule has 1 saturated carbocycles. The number of nitrogens with zero attached hydrogens (tertiary/aromatic N) is 1. The number of dihydropyridines is 1. The lowest BCUT2D eigenvalue weighted by molar-refractivity contribution is 0.654. The maximum Gasteiger partial charge on any atom is 0.0424 e. The maximum absolute atomic E-state index is 4.32. The quantitative estimate of drug-likeness (QED) is 0.657. The zero-order chi connectivity index (χ0) is 9.10. The van der Waals surface area contributed by atoms with Gasteiger partial charge in [0.1, 0.15) is 0 Å². The Morgan fingerprint density at radius 3 is 2.77 bits per heavy atom. The molecule has 0 bridgehead atoms. The number of hydrogen-bond donors (Lipinski definition) is 0. The molecule has 1 aliphatic heterocycles. The fraction of sp³-hybridized carbons (Fsp3) is 0.545. The first-order valence-corrected chi connectivity index (χ1v) is 6.01. The Balaban J connectivity index is 2.21. The van der Waals surface area contributed by atoms with Gasteiger partial charge in [0, 0.05) is 18.1 Å². The van der Waals surface area contributed by atoms with Crippen LogP contribution in [0.4, 0.5) is 0 Å². The molecule has 1 fully saturated rings. The Labute approximate surface area is 87.8 Å². The second kappa shape index (κ2) is 4.23. The van der Waals surface area contributed by atoms with E-state index in [0.717, 1.165) is 18.3 Å². The van der Waals surface area contributed by atoms with Crippen molar-refractivity contribution in [2.24, 2.45) is 4.99 Å². The van der Waals surface area contributed by atoms with Gasteiger partial charge in [-0.2, -0.15) is 0 Å². The molecule has 0 saturated heterocycles. The molecule has 0 amide bonds. The van der Waals surface area contributed by atoms with Gasteiger partial charge < -0.3 is 0 Å². The molecule has 1 nitrogen and oxygen atoms in total. The number of rotatable bonds is 2. The highest BCUT2D eigenvalue weighted by atomic mass is 79.9. The van der Waals surface area contributed by atoms with E-state index in [9.17, 15) is 0 Å². The van der Waals surface area contributed by atoms with Gasteiger partial charge in [-0.1, -0.05) is 27.6 Å². The summed E-state index contributed by atoms with van der Waals surface area (Å²) in [4.78, 5) is 4.32. The fourth-order valence-electron chi connectivity index (χ4n) is 1.74. The topological polar surface area (TPSA) is 12.4 Å². The Morgan fingerprint density at radius 2 is 2.31 bits per heavy atom. The molecule has 70 valence electrons. The first kappa shape index (κ1) is 9.20. The van der Waals surface area contributed by atoms with Crippen LogP contribution in [0.3, 0.4) is 0 Å². The highest BCUT2D eigenvalue weighted by Crippen LogP contribution is 2.32. The van der Waals surface area contributed by atoms with Crippen LogP contribution < -0.4 is 0 Å². The summed E-state index contributed by atoms with van der Waals surface area (Å²) in [5.41, 5.74) is 4.49. The van der Waals surface area contributed by atoms with Crippen molar-refractivity contribution < 1.29 is 0 Å². The van der Waals surface area contributed by atoms with E-state index in [2.05, 4.69) is 27.0 Å². The average molecular weight is 240 g/mol. The highest BCUT2D eigenvalue weighted by molar-refractivity contribution is 9.09. The van der Waals surface area contributed by atoms with Crippen LogP contribution in [0.1, 0.15) is 25.7 Å². The molecule has 0 N–H and O–H groups in total. The van der Waals surface area contributed by atoms with Crippen molar-refractivity contribution in [2.45, 2.75) is 25.7 Å². The van der Waals surface area contributed by atoms with Crippen molar-refractivity contribution in [3.8, 4) is 0 Å². The van der Waals surface area contributed by atoms with Gasteiger partial charge >= 0.3 is 0 Å². The Kier molecular flexibility index (Phi) is 2.99. The molecular weight excluding hydrogens is 226 g/mol. The maximum atomic E-state index is 4.32. The molecule has 0 radical (unpaired) electrons. The molecule has 0 atom stereocenters. The number of aliphatic imine (C=N–C) groups is 1. The van der Waals surface area contributed by atoms with Gasteiger partial charge in [0.05, 0.1) is 0 Å². The molecular formula is C11H14BrN. The van der Waals surface area contributed by atoms with Crippen LogP contribution in [-0.2, 0) is 0 Å². The van der Waals surface area contributed by atoms with Gasteiger partial charge in [0.15, 0.2) is 0 Å². The van der Waals surface area contributed by atoms with Crippen LogP contribution in [0.25, 0.3) is 0 Å². The van der Waals surface area contributed by atoms with E-state index >= 15 is 0 Å². The normalized spacial score (nSPS) is 21.0. The second-order valence-electron chi connectivity index (χ2n) is 3.55. The summed E-state index contributed by atoms with van der Waals surface area (Å²) in [6.45, 7) is 0.967. The molecule has 0 spiro atoms. The van der Waals surface area contributed by atoms with Gasteiger partial charge in [0.25, 0.3) is 0 Å². The van der Waals surface area contributed by atoms with Crippen molar-refractivity contribution in [3.05, 3.63) is 22.8 Å². The van der Waals surface area contributed by atoms with Gasteiger partial charge in [-0.15, -0.1) is 0 Å². The summed E-state index contributed by atoms with van der Waals surface area (Å²) in [5, 5.41) is 0.986. The van der Waals surface area contributed by atoms with E-state index in [1.54, 1.807) is 5.57 Å². The molecule has 2 heteroatoms. The minimum atomic E-state index is 0.967. The molecule has 2 aliphatic rings. The summed E-state index contributed by atoms with van der Waals surface area (Å²) < 4.78 is 0. The third-order valence-corrected chi connectivity index (χ3v) is 3.28. The van der Waals surface area contributed by atoms with Crippen LogP contribution in [0.2, 0.25) is 0 Å². The van der Waals surface area contributed by atoms with Crippen molar-refractivity contribution >= 4 is 22.1 Å². The lowest BCUT2D eigenvalue weighted by atomic mass is 9.85.